The van der Waals surface area contributed by atoms with Gasteiger partial charge < -0.3 is 4.42 Å². The lowest BCUT2D eigenvalue weighted by Crippen LogP contribution is -2.04. The van der Waals surface area contributed by atoms with Crippen molar-refractivity contribution in [2.24, 2.45) is 0 Å². The quantitative estimate of drug-likeness (QED) is 0.638. The second-order valence-electron chi connectivity index (χ2n) is 4.23. The van der Waals surface area contributed by atoms with Crippen molar-refractivity contribution in [1.29, 1.82) is 0 Å². The topological polar surface area (TPSA) is 56.0 Å². The summed E-state index contributed by atoms with van der Waals surface area (Å²) < 4.78 is 5.30. The van der Waals surface area contributed by atoms with Gasteiger partial charge in [0.25, 0.3) is 0 Å². The Bertz CT molecular complexity index is 810. The summed E-state index contributed by atoms with van der Waals surface area (Å²) in [5.74, 6) is 0. The number of halogens is 1. The van der Waals surface area contributed by atoms with Gasteiger partial charge in [0.2, 0.25) is 0 Å². The molecular formula is C14H9ClN2O2. The molecule has 0 N–H and O–H groups in total. The van der Waals surface area contributed by atoms with Crippen LogP contribution in [0.4, 0.5) is 0 Å². The summed E-state index contributed by atoms with van der Waals surface area (Å²) in [6.45, 7) is 1.94. The Kier molecular flexibility index (Phi) is 2.80. The minimum absolute atomic E-state index is 0.282. The smallest absolute Gasteiger partial charge is 0.345 e. The molecule has 0 radical (unpaired) electrons. The van der Waals surface area contributed by atoms with E-state index in [0.717, 1.165) is 10.9 Å². The molecule has 0 spiro atoms. The highest BCUT2D eigenvalue weighted by Gasteiger charge is 2.09. The minimum Gasteiger partial charge on any atom is -0.422 e. The van der Waals surface area contributed by atoms with E-state index in [0.29, 0.717) is 16.8 Å². The first kappa shape index (κ1) is 11.9. The Hall–Kier alpha value is -2.20. The highest BCUT2D eigenvalue weighted by Crippen LogP contribution is 2.20. The van der Waals surface area contributed by atoms with Gasteiger partial charge in [-0.25, -0.2) is 4.79 Å². The molecule has 94 valence electrons. The molecule has 0 bridgehead atoms. The van der Waals surface area contributed by atoms with Gasteiger partial charge in [0.05, 0.1) is 5.56 Å². The Balaban J connectivity index is 2.24. The molecular weight excluding hydrogens is 264 g/mol. The fraction of sp³-hybridized carbons (Fsp3) is 0.0714. The summed E-state index contributed by atoms with van der Waals surface area (Å²) in [6, 6.07) is 10.7. The summed E-state index contributed by atoms with van der Waals surface area (Å²) in [7, 11) is 0. The van der Waals surface area contributed by atoms with E-state index in [4.69, 9.17) is 16.0 Å². The maximum Gasteiger partial charge on any atom is 0.345 e. The largest absolute Gasteiger partial charge is 0.422 e. The minimum atomic E-state index is -0.435. The predicted molar refractivity (Wildman–Crippen MR) is 73.3 cm³/mol. The summed E-state index contributed by atoms with van der Waals surface area (Å²) in [6.07, 6.45) is 0. The zero-order chi connectivity index (χ0) is 13.4. The summed E-state index contributed by atoms with van der Waals surface area (Å²) >= 11 is 5.68. The van der Waals surface area contributed by atoms with Crippen molar-refractivity contribution in [3.05, 3.63) is 57.5 Å². The van der Waals surface area contributed by atoms with Gasteiger partial charge in [0.1, 0.15) is 11.3 Å². The van der Waals surface area contributed by atoms with E-state index in [2.05, 4.69) is 10.2 Å². The summed E-state index contributed by atoms with van der Waals surface area (Å²) in [5.41, 5.74) is 1.99. The van der Waals surface area contributed by atoms with Crippen LogP contribution in [0.1, 0.15) is 5.56 Å². The molecule has 4 nitrogen and oxygen atoms in total. The van der Waals surface area contributed by atoms with Gasteiger partial charge >= 0.3 is 5.63 Å². The van der Waals surface area contributed by atoms with Crippen molar-refractivity contribution < 1.29 is 4.42 Å². The monoisotopic (exact) mass is 272 g/mol. The van der Waals surface area contributed by atoms with Crippen molar-refractivity contribution in [1.82, 2.24) is 10.2 Å². The lowest BCUT2D eigenvalue weighted by molar-refractivity contribution is 0.562. The molecule has 0 fully saturated rings. The number of benzene rings is 1. The number of hydrogen-bond donors (Lipinski definition) is 0. The van der Waals surface area contributed by atoms with Crippen molar-refractivity contribution >= 4 is 22.6 Å². The zero-order valence-corrected chi connectivity index (χ0v) is 10.8. The van der Waals surface area contributed by atoms with Gasteiger partial charge in [0.15, 0.2) is 5.15 Å². The lowest BCUT2D eigenvalue weighted by Gasteiger charge is -2.02. The van der Waals surface area contributed by atoms with Gasteiger partial charge in [-0.3, -0.25) is 0 Å². The standard InChI is InChI=1S/C14H9ClN2O2/c1-8-2-3-9-7-10(14(18)19-12(9)6-8)11-4-5-13(15)17-16-11/h2-7H,1H3. The van der Waals surface area contributed by atoms with E-state index in [1.54, 1.807) is 18.2 Å². The Labute approximate surface area is 113 Å². The lowest BCUT2D eigenvalue weighted by atomic mass is 10.1. The van der Waals surface area contributed by atoms with Crippen LogP contribution in [0.2, 0.25) is 5.15 Å². The average Bonchev–Trinajstić information content (AvgIpc) is 2.39. The molecule has 19 heavy (non-hydrogen) atoms. The van der Waals surface area contributed by atoms with Crippen molar-refractivity contribution in [2.45, 2.75) is 6.92 Å². The SMILES string of the molecule is Cc1ccc2cc(-c3ccc(Cl)nn3)c(=O)oc2c1. The highest BCUT2D eigenvalue weighted by molar-refractivity contribution is 6.29. The van der Waals surface area contributed by atoms with Crippen LogP contribution in [0.25, 0.3) is 22.2 Å². The van der Waals surface area contributed by atoms with Crippen LogP contribution in [0, 0.1) is 6.92 Å². The molecule has 0 unspecified atom stereocenters. The molecule has 1 aromatic carbocycles. The first-order valence-corrected chi connectivity index (χ1v) is 6.05. The van der Waals surface area contributed by atoms with Gasteiger partial charge in [-0.15, -0.1) is 10.2 Å². The molecule has 2 heterocycles. The fourth-order valence-corrected chi connectivity index (χ4v) is 1.96. The maximum absolute atomic E-state index is 12.0. The summed E-state index contributed by atoms with van der Waals surface area (Å²) in [4.78, 5) is 12.0. The number of hydrogen-bond acceptors (Lipinski definition) is 4. The molecule has 2 aromatic heterocycles. The van der Waals surface area contributed by atoms with E-state index in [-0.39, 0.29) is 5.15 Å². The molecule has 0 saturated heterocycles. The molecule has 0 saturated carbocycles. The zero-order valence-electron chi connectivity index (χ0n) is 10.1. The fourth-order valence-electron chi connectivity index (χ4n) is 1.86. The third kappa shape index (κ3) is 2.22. The maximum atomic E-state index is 12.0. The van der Waals surface area contributed by atoms with E-state index in [1.165, 1.54) is 0 Å². The van der Waals surface area contributed by atoms with E-state index >= 15 is 0 Å². The highest BCUT2D eigenvalue weighted by atomic mass is 35.5. The van der Waals surface area contributed by atoms with Crippen LogP contribution in [0.15, 0.2) is 45.6 Å². The molecule has 0 aliphatic carbocycles. The Morgan fingerprint density at radius 2 is 1.95 bits per heavy atom. The van der Waals surface area contributed by atoms with Gasteiger partial charge in [-0.05, 0) is 36.8 Å². The van der Waals surface area contributed by atoms with E-state index in [1.807, 2.05) is 25.1 Å². The molecule has 5 heteroatoms. The second-order valence-corrected chi connectivity index (χ2v) is 4.62. The number of nitrogens with zero attached hydrogens (tertiary/aromatic N) is 2. The summed E-state index contributed by atoms with van der Waals surface area (Å²) in [5, 5.41) is 8.74. The Morgan fingerprint density at radius 1 is 1.11 bits per heavy atom. The van der Waals surface area contributed by atoms with E-state index in [9.17, 15) is 4.79 Å². The predicted octanol–water partition coefficient (Wildman–Crippen LogP) is 3.21. The molecule has 0 atom stereocenters. The molecule has 0 aliphatic rings. The number of rotatable bonds is 1. The van der Waals surface area contributed by atoms with Gasteiger partial charge in [-0.1, -0.05) is 23.7 Å². The third-order valence-corrected chi connectivity index (χ3v) is 3.00. The van der Waals surface area contributed by atoms with Crippen molar-refractivity contribution in [2.75, 3.05) is 0 Å². The molecule has 0 amide bonds. The number of fused-ring (bicyclic) bond motifs is 1. The number of aromatic nitrogens is 2. The molecule has 0 aliphatic heterocycles. The van der Waals surface area contributed by atoms with Crippen molar-refractivity contribution in [3.63, 3.8) is 0 Å². The molecule has 3 aromatic rings. The normalized spacial score (nSPS) is 10.8. The Morgan fingerprint density at radius 3 is 2.68 bits per heavy atom. The van der Waals surface area contributed by atoms with E-state index < -0.39 is 5.63 Å². The van der Waals surface area contributed by atoms with Crippen LogP contribution >= 0.6 is 11.6 Å². The second kappa shape index (κ2) is 4.48. The van der Waals surface area contributed by atoms with Crippen LogP contribution in [-0.4, -0.2) is 10.2 Å². The van der Waals surface area contributed by atoms with Gasteiger partial charge in [-0.2, -0.15) is 0 Å². The average molecular weight is 273 g/mol. The van der Waals surface area contributed by atoms with Crippen LogP contribution in [0.5, 0.6) is 0 Å². The van der Waals surface area contributed by atoms with Crippen molar-refractivity contribution in [3.8, 4) is 11.3 Å². The van der Waals surface area contributed by atoms with Crippen LogP contribution < -0.4 is 5.63 Å². The van der Waals surface area contributed by atoms with Crippen LogP contribution in [0.3, 0.4) is 0 Å². The first-order valence-electron chi connectivity index (χ1n) is 5.67. The third-order valence-electron chi connectivity index (χ3n) is 2.80. The molecule has 3 rings (SSSR count). The first-order chi connectivity index (χ1) is 9.13. The van der Waals surface area contributed by atoms with Crippen LogP contribution in [-0.2, 0) is 0 Å². The number of aryl methyl sites for hydroxylation is 1. The van der Waals surface area contributed by atoms with Gasteiger partial charge in [0, 0.05) is 5.39 Å².